The van der Waals surface area contributed by atoms with Crippen LogP contribution in [0.15, 0.2) is 16.6 Å². The Labute approximate surface area is 104 Å². The zero-order valence-electron chi connectivity index (χ0n) is 9.51. The van der Waals surface area contributed by atoms with E-state index in [-0.39, 0.29) is 5.91 Å². The molecule has 0 aliphatic carbocycles. The van der Waals surface area contributed by atoms with Gasteiger partial charge in [0.2, 0.25) is 5.91 Å². The standard InChI is InChI=1S/C11H16BrN3O/c1-3-13-11(16)6-7-14-10-5-4-9(12)8(2)15-10/h4-5H,3,6-7H2,1-2H3,(H,13,16)(H,14,15). The first-order valence-corrected chi connectivity index (χ1v) is 6.06. The monoisotopic (exact) mass is 285 g/mol. The number of aromatic nitrogens is 1. The molecule has 88 valence electrons. The van der Waals surface area contributed by atoms with Gasteiger partial charge >= 0.3 is 0 Å². The molecule has 0 saturated carbocycles. The van der Waals surface area contributed by atoms with Crippen molar-refractivity contribution < 1.29 is 4.79 Å². The van der Waals surface area contributed by atoms with Gasteiger partial charge in [-0.25, -0.2) is 4.98 Å². The van der Waals surface area contributed by atoms with Crippen LogP contribution in [0.3, 0.4) is 0 Å². The summed E-state index contributed by atoms with van der Waals surface area (Å²) in [6.45, 7) is 5.11. The van der Waals surface area contributed by atoms with Crippen molar-refractivity contribution in [2.45, 2.75) is 20.3 Å². The maximum atomic E-state index is 11.2. The average molecular weight is 286 g/mol. The summed E-state index contributed by atoms with van der Waals surface area (Å²) in [7, 11) is 0. The summed E-state index contributed by atoms with van der Waals surface area (Å²) in [5, 5.41) is 5.85. The van der Waals surface area contributed by atoms with Gasteiger partial charge in [-0.1, -0.05) is 0 Å². The number of pyridine rings is 1. The number of amides is 1. The highest BCUT2D eigenvalue weighted by Crippen LogP contribution is 2.15. The van der Waals surface area contributed by atoms with Crippen LogP contribution < -0.4 is 10.6 Å². The zero-order chi connectivity index (χ0) is 12.0. The molecule has 1 rings (SSSR count). The maximum absolute atomic E-state index is 11.2. The van der Waals surface area contributed by atoms with Crippen LogP contribution in [0.2, 0.25) is 0 Å². The van der Waals surface area contributed by atoms with Crippen LogP contribution in [-0.2, 0) is 4.79 Å². The molecule has 1 aromatic rings. The van der Waals surface area contributed by atoms with Crippen molar-refractivity contribution >= 4 is 27.7 Å². The summed E-state index contributed by atoms with van der Waals surface area (Å²) >= 11 is 3.39. The molecular formula is C11H16BrN3O. The number of nitrogens with one attached hydrogen (secondary N) is 2. The lowest BCUT2D eigenvalue weighted by Gasteiger charge is -2.07. The third kappa shape index (κ3) is 4.18. The minimum Gasteiger partial charge on any atom is -0.370 e. The molecule has 2 N–H and O–H groups in total. The Morgan fingerprint density at radius 2 is 2.25 bits per heavy atom. The van der Waals surface area contributed by atoms with Crippen molar-refractivity contribution in [2.24, 2.45) is 0 Å². The van der Waals surface area contributed by atoms with Gasteiger partial charge in [0.15, 0.2) is 0 Å². The second-order valence-corrected chi connectivity index (χ2v) is 4.25. The molecule has 0 aliphatic rings. The van der Waals surface area contributed by atoms with Gasteiger partial charge in [-0.15, -0.1) is 0 Å². The van der Waals surface area contributed by atoms with Gasteiger partial charge in [0.05, 0.1) is 5.69 Å². The molecule has 0 saturated heterocycles. The predicted molar refractivity (Wildman–Crippen MR) is 68.5 cm³/mol. The molecule has 16 heavy (non-hydrogen) atoms. The molecule has 0 aliphatic heterocycles. The van der Waals surface area contributed by atoms with Crippen LogP contribution in [-0.4, -0.2) is 24.0 Å². The summed E-state index contributed by atoms with van der Waals surface area (Å²) in [6, 6.07) is 3.82. The molecule has 0 fully saturated rings. The topological polar surface area (TPSA) is 54.0 Å². The molecule has 0 aromatic carbocycles. The Morgan fingerprint density at radius 3 is 2.88 bits per heavy atom. The highest BCUT2D eigenvalue weighted by Gasteiger charge is 2.01. The molecule has 0 spiro atoms. The largest absolute Gasteiger partial charge is 0.370 e. The summed E-state index contributed by atoms with van der Waals surface area (Å²) in [4.78, 5) is 15.5. The first kappa shape index (κ1) is 13.0. The van der Waals surface area contributed by atoms with E-state index in [0.717, 1.165) is 16.0 Å². The summed E-state index contributed by atoms with van der Waals surface area (Å²) in [6.07, 6.45) is 0.463. The molecule has 4 nitrogen and oxygen atoms in total. The average Bonchev–Trinajstić information content (AvgIpc) is 2.24. The normalized spacial score (nSPS) is 9.94. The molecule has 0 radical (unpaired) electrons. The fourth-order valence-electron chi connectivity index (χ4n) is 1.23. The van der Waals surface area contributed by atoms with Gasteiger partial charge < -0.3 is 10.6 Å². The van der Waals surface area contributed by atoms with Crippen molar-refractivity contribution in [2.75, 3.05) is 18.4 Å². The molecule has 5 heteroatoms. The van der Waals surface area contributed by atoms with E-state index in [2.05, 4.69) is 31.5 Å². The number of hydrogen-bond donors (Lipinski definition) is 2. The number of aryl methyl sites for hydroxylation is 1. The summed E-state index contributed by atoms with van der Waals surface area (Å²) in [5.74, 6) is 0.855. The maximum Gasteiger partial charge on any atom is 0.221 e. The molecule has 1 amide bonds. The van der Waals surface area contributed by atoms with Crippen LogP contribution in [0, 0.1) is 6.92 Å². The Bertz CT molecular complexity index is 368. The third-order valence-electron chi connectivity index (χ3n) is 2.05. The van der Waals surface area contributed by atoms with Crippen LogP contribution >= 0.6 is 15.9 Å². The lowest BCUT2D eigenvalue weighted by Crippen LogP contribution is -2.24. The van der Waals surface area contributed by atoms with E-state index in [1.807, 2.05) is 26.0 Å². The quantitative estimate of drug-likeness (QED) is 0.871. The van der Waals surface area contributed by atoms with E-state index in [9.17, 15) is 4.79 Å². The Morgan fingerprint density at radius 1 is 1.50 bits per heavy atom. The number of carbonyl (C=O) groups excluding carboxylic acids is 1. The molecular weight excluding hydrogens is 270 g/mol. The predicted octanol–water partition coefficient (Wildman–Crippen LogP) is 2.09. The van der Waals surface area contributed by atoms with Crippen molar-refractivity contribution in [1.29, 1.82) is 0 Å². The van der Waals surface area contributed by atoms with Crippen molar-refractivity contribution in [3.05, 3.63) is 22.3 Å². The van der Waals surface area contributed by atoms with E-state index in [0.29, 0.717) is 19.5 Å². The van der Waals surface area contributed by atoms with E-state index in [1.54, 1.807) is 0 Å². The number of anilines is 1. The van der Waals surface area contributed by atoms with Crippen LogP contribution in [0.1, 0.15) is 19.0 Å². The summed E-state index contributed by atoms with van der Waals surface area (Å²) < 4.78 is 0.988. The van der Waals surface area contributed by atoms with Crippen molar-refractivity contribution in [1.82, 2.24) is 10.3 Å². The number of hydrogen-bond acceptors (Lipinski definition) is 3. The van der Waals surface area contributed by atoms with E-state index < -0.39 is 0 Å². The third-order valence-corrected chi connectivity index (χ3v) is 2.89. The summed E-state index contributed by atoms with van der Waals surface area (Å²) in [5.41, 5.74) is 0.933. The first-order chi connectivity index (χ1) is 7.63. The van der Waals surface area contributed by atoms with Gasteiger partial charge in [0.25, 0.3) is 0 Å². The zero-order valence-corrected chi connectivity index (χ0v) is 11.1. The van der Waals surface area contributed by atoms with Gasteiger partial charge in [-0.3, -0.25) is 4.79 Å². The lowest BCUT2D eigenvalue weighted by molar-refractivity contribution is -0.120. The van der Waals surface area contributed by atoms with Crippen molar-refractivity contribution in [3.8, 4) is 0 Å². The Kier molecular flexibility index (Phi) is 5.25. The highest BCUT2D eigenvalue weighted by atomic mass is 79.9. The van der Waals surface area contributed by atoms with Crippen LogP contribution in [0.4, 0.5) is 5.82 Å². The van der Waals surface area contributed by atoms with E-state index >= 15 is 0 Å². The van der Waals surface area contributed by atoms with E-state index in [1.165, 1.54) is 0 Å². The fourth-order valence-corrected chi connectivity index (χ4v) is 1.45. The molecule has 0 unspecified atom stereocenters. The minimum atomic E-state index is 0.0591. The number of nitrogens with zero attached hydrogens (tertiary/aromatic N) is 1. The van der Waals surface area contributed by atoms with Crippen LogP contribution in [0.25, 0.3) is 0 Å². The van der Waals surface area contributed by atoms with Gasteiger partial charge in [0.1, 0.15) is 5.82 Å². The second kappa shape index (κ2) is 6.48. The lowest BCUT2D eigenvalue weighted by atomic mass is 10.3. The smallest absolute Gasteiger partial charge is 0.221 e. The van der Waals surface area contributed by atoms with Crippen molar-refractivity contribution in [3.63, 3.8) is 0 Å². The number of rotatable bonds is 5. The van der Waals surface area contributed by atoms with Gasteiger partial charge in [-0.2, -0.15) is 0 Å². The van der Waals surface area contributed by atoms with Gasteiger partial charge in [-0.05, 0) is 41.9 Å². The number of carbonyl (C=O) groups is 1. The molecule has 0 bridgehead atoms. The van der Waals surface area contributed by atoms with Gasteiger partial charge in [0, 0.05) is 24.0 Å². The molecule has 1 aromatic heterocycles. The molecule has 1 heterocycles. The first-order valence-electron chi connectivity index (χ1n) is 5.27. The van der Waals surface area contributed by atoms with Crippen LogP contribution in [0.5, 0.6) is 0 Å². The van der Waals surface area contributed by atoms with E-state index in [4.69, 9.17) is 0 Å². The molecule has 0 atom stereocenters. The second-order valence-electron chi connectivity index (χ2n) is 3.39. The Hall–Kier alpha value is -1.10. The fraction of sp³-hybridized carbons (Fsp3) is 0.455. The minimum absolute atomic E-state index is 0.0591. The highest BCUT2D eigenvalue weighted by molar-refractivity contribution is 9.10. The number of halogens is 1. The Balaban J connectivity index is 2.37. The SMILES string of the molecule is CCNC(=O)CCNc1ccc(Br)c(C)n1.